The predicted octanol–water partition coefficient (Wildman–Crippen LogP) is 4.20. The van der Waals surface area contributed by atoms with Gasteiger partial charge < -0.3 is 13.8 Å². The molecule has 0 bridgehead atoms. The average Bonchev–Trinajstić information content (AvgIpc) is 3.31. The molecular weight excluding hydrogens is 372 g/mol. The van der Waals surface area contributed by atoms with Gasteiger partial charge in [-0.05, 0) is 31.2 Å². The van der Waals surface area contributed by atoms with Crippen LogP contribution in [0.5, 0.6) is 0 Å². The third-order valence-corrected chi connectivity index (χ3v) is 5.44. The summed E-state index contributed by atoms with van der Waals surface area (Å²) in [5.41, 5.74) is 3.32. The van der Waals surface area contributed by atoms with Crippen LogP contribution in [-0.4, -0.2) is 32.4 Å². The van der Waals surface area contributed by atoms with E-state index in [4.69, 9.17) is 4.52 Å². The molecule has 0 saturated heterocycles. The molecule has 4 aromatic rings. The summed E-state index contributed by atoms with van der Waals surface area (Å²) in [6, 6.07) is 15.4. The van der Waals surface area contributed by atoms with Gasteiger partial charge in [-0.15, -0.1) is 11.8 Å². The summed E-state index contributed by atoms with van der Waals surface area (Å²) >= 11 is 1.61. The molecule has 6 nitrogen and oxygen atoms in total. The first kappa shape index (κ1) is 18.3. The van der Waals surface area contributed by atoms with Crippen LogP contribution in [0.25, 0.3) is 5.65 Å². The number of benzene rings is 1. The standard InChI is InChI=1S/C21H20N4O2S/c1-15-11-16(23-27-15)12-24(2)21(26)18-7-3-4-8-19(18)28-14-17-13-25-10-6-5-9-20(25)22-17/h3-11,13H,12,14H2,1-2H3. The van der Waals surface area contributed by atoms with Gasteiger partial charge in [-0.1, -0.05) is 23.4 Å². The Hall–Kier alpha value is -3.06. The fourth-order valence-electron chi connectivity index (χ4n) is 2.99. The van der Waals surface area contributed by atoms with Gasteiger partial charge in [-0.2, -0.15) is 0 Å². The third kappa shape index (κ3) is 3.94. The van der Waals surface area contributed by atoms with Crippen molar-refractivity contribution in [1.82, 2.24) is 19.4 Å². The van der Waals surface area contributed by atoms with E-state index in [1.165, 1.54) is 0 Å². The number of amides is 1. The van der Waals surface area contributed by atoms with Crippen LogP contribution in [0.4, 0.5) is 0 Å². The zero-order valence-electron chi connectivity index (χ0n) is 15.7. The Bertz CT molecular complexity index is 1090. The Balaban J connectivity index is 1.48. The lowest BCUT2D eigenvalue weighted by Crippen LogP contribution is -2.26. The van der Waals surface area contributed by atoms with E-state index < -0.39 is 0 Å². The van der Waals surface area contributed by atoms with Crippen LogP contribution < -0.4 is 0 Å². The third-order valence-electron chi connectivity index (χ3n) is 4.33. The van der Waals surface area contributed by atoms with E-state index in [1.54, 1.807) is 23.7 Å². The van der Waals surface area contributed by atoms with Gasteiger partial charge in [-0.3, -0.25) is 4.79 Å². The van der Waals surface area contributed by atoms with Gasteiger partial charge in [0.25, 0.3) is 5.91 Å². The van der Waals surface area contributed by atoms with Crippen LogP contribution in [0, 0.1) is 6.92 Å². The van der Waals surface area contributed by atoms with Crippen LogP contribution in [0.15, 0.2) is 70.3 Å². The van der Waals surface area contributed by atoms with Crippen LogP contribution in [0.2, 0.25) is 0 Å². The van der Waals surface area contributed by atoms with E-state index in [9.17, 15) is 4.79 Å². The fourth-order valence-corrected chi connectivity index (χ4v) is 3.92. The van der Waals surface area contributed by atoms with E-state index in [2.05, 4.69) is 10.1 Å². The van der Waals surface area contributed by atoms with Crippen molar-refractivity contribution in [2.45, 2.75) is 24.1 Å². The molecule has 0 radical (unpaired) electrons. The van der Waals surface area contributed by atoms with Gasteiger partial charge >= 0.3 is 0 Å². The minimum Gasteiger partial charge on any atom is -0.361 e. The normalized spacial score (nSPS) is 11.1. The highest BCUT2D eigenvalue weighted by Gasteiger charge is 2.17. The highest BCUT2D eigenvalue weighted by molar-refractivity contribution is 7.98. The Morgan fingerprint density at radius 3 is 2.79 bits per heavy atom. The van der Waals surface area contributed by atoms with E-state index >= 15 is 0 Å². The number of carbonyl (C=O) groups excluding carboxylic acids is 1. The molecule has 0 spiro atoms. The molecule has 0 N–H and O–H groups in total. The number of pyridine rings is 1. The van der Waals surface area contributed by atoms with Gasteiger partial charge in [0, 0.05) is 36.2 Å². The van der Waals surface area contributed by atoms with Crippen LogP contribution in [0.1, 0.15) is 27.5 Å². The molecule has 28 heavy (non-hydrogen) atoms. The number of nitrogens with zero attached hydrogens (tertiary/aromatic N) is 4. The molecular formula is C21H20N4O2S. The number of aryl methyl sites for hydroxylation is 1. The zero-order chi connectivity index (χ0) is 19.5. The lowest BCUT2D eigenvalue weighted by atomic mass is 10.2. The molecule has 3 heterocycles. The molecule has 0 unspecified atom stereocenters. The second kappa shape index (κ2) is 7.90. The molecule has 142 valence electrons. The zero-order valence-corrected chi connectivity index (χ0v) is 16.5. The molecule has 7 heteroatoms. The summed E-state index contributed by atoms with van der Waals surface area (Å²) in [6.45, 7) is 2.24. The largest absolute Gasteiger partial charge is 0.361 e. The minimum absolute atomic E-state index is 0.0428. The summed E-state index contributed by atoms with van der Waals surface area (Å²) < 4.78 is 7.09. The number of aromatic nitrogens is 3. The van der Waals surface area contributed by atoms with Crippen LogP contribution >= 0.6 is 11.8 Å². The first-order valence-corrected chi connectivity index (χ1v) is 9.91. The van der Waals surface area contributed by atoms with Crippen molar-refractivity contribution in [1.29, 1.82) is 0 Å². The molecule has 0 saturated carbocycles. The molecule has 0 aliphatic rings. The molecule has 0 fully saturated rings. The van der Waals surface area contributed by atoms with E-state index in [1.807, 2.05) is 72.2 Å². The summed E-state index contributed by atoms with van der Waals surface area (Å²) in [5.74, 6) is 1.39. The quantitative estimate of drug-likeness (QED) is 0.460. The Morgan fingerprint density at radius 2 is 2.00 bits per heavy atom. The first-order chi connectivity index (χ1) is 13.6. The fraction of sp³-hybridized carbons (Fsp3) is 0.190. The Labute approximate surface area is 167 Å². The smallest absolute Gasteiger partial charge is 0.255 e. The van der Waals surface area contributed by atoms with Gasteiger partial charge in [-0.25, -0.2) is 4.98 Å². The molecule has 1 amide bonds. The van der Waals surface area contributed by atoms with Crippen molar-refractivity contribution >= 4 is 23.3 Å². The second-order valence-corrected chi connectivity index (χ2v) is 7.59. The van der Waals surface area contributed by atoms with E-state index in [0.717, 1.165) is 27.7 Å². The summed E-state index contributed by atoms with van der Waals surface area (Å²) in [7, 11) is 1.77. The van der Waals surface area contributed by atoms with Gasteiger partial charge in [0.1, 0.15) is 17.1 Å². The predicted molar refractivity (Wildman–Crippen MR) is 108 cm³/mol. The maximum Gasteiger partial charge on any atom is 0.255 e. The number of thioether (sulfide) groups is 1. The van der Waals surface area contributed by atoms with E-state index in [-0.39, 0.29) is 5.91 Å². The number of hydrogen-bond acceptors (Lipinski definition) is 5. The maximum atomic E-state index is 13.0. The molecule has 4 rings (SSSR count). The highest BCUT2D eigenvalue weighted by Crippen LogP contribution is 2.27. The lowest BCUT2D eigenvalue weighted by molar-refractivity contribution is 0.0778. The topological polar surface area (TPSA) is 63.6 Å². The van der Waals surface area contributed by atoms with Crippen molar-refractivity contribution in [3.63, 3.8) is 0 Å². The SMILES string of the molecule is Cc1cc(CN(C)C(=O)c2ccccc2SCc2cn3ccccc3n2)no1. The van der Waals surface area contributed by atoms with Crippen LogP contribution in [-0.2, 0) is 12.3 Å². The van der Waals surface area contributed by atoms with E-state index in [0.29, 0.717) is 17.9 Å². The first-order valence-electron chi connectivity index (χ1n) is 8.92. The number of hydrogen-bond donors (Lipinski definition) is 0. The number of fused-ring (bicyclic) bond motifs is 1. The van der Waals surface area contributed by atoms with Gasteiger partial charge in [0.05, 0.1) is 17.8 Å². The molecule has 1 aromatic carbocycles. The van der Waals surface area contributed by atoms with Crippen molar-refractivity contribution in [2.24, 2.45) is 0 Å². The van der Waals surface area contributed by atoms with Crippen molar-refractivity contribution in [2.75, 3.05) is 7.05 Å². The second-order valence-electron chi connectivity index (χ2n) is 6.57. The molecule has 0 aliphatic heterocycles. The average molecular weight is 392 g/mol. The Morgan fingerprint density at radius 1 is 1.18 bits per heavy atom. The van der Waals surface area contributed by atoms with Crippen LogP contribution in [0.3, 0.4) is 0 Å². The summed E-state index contributed by atoms with van der Waals surface area (Å²) in [5, 5.41) is 3.97. The lowest BCUT2D eigenvalue weighted by Gasteiger charge is -2.17. The number of rotatable bonds is 6. The van der Waals surface area contributed by atoms with Gasteiger partial charge in [0.15, 0.2) is 0 Å². The number of carbonyl (C=O) groups is 1. The molecule has 0 atom stereocenters. The summed E-state index contributed by atoms with van der Waals surface area (Å²) in [6.07, 6.45) is 4.00. The minimum atomic E-state index is -0.0428. The monoisotopic (exact) mass is 392 g/mol. The maximum absolute atomic E-state index is 13.0. The summed E-state index contributed by atoms with van der Waals surface area (Å²) in [4.78, 5) is 20.2. The highest BCUT2D eigenvalue weighted by atomic mass is 32.2. The van der Waals surface area contributed by atoms with Crippen molar-refractivity contribution < 1.29 is 9.32 Å². The Kier molecular flexibility index (Phi) is 5.16. The van der Waals surface area contributed by atoms with Gasteiger partial charge in [0.2, 0.25) is 0 Å². The molecule has 3 aromatic heterocycles. The number of imidazole rings is 1. The van der Waals surface area contributed by atoms with Crippen molar-refractivity contribution in [3.8, 4) is 0 Å². The molecule has 0 aliphatic carbocycles. The van der Waals surface area contributed by atoms with Crippen molar-refractivity contribution in [3.05, 3.63) is 83.6 Å².